The Morgan fingerprint density at radius 1 is 1.53 bits per heavy atom. The number of rotatable bonds is 4. The van der Waals surface area contributed by atoms with Crippen molar-refractivity contribution in [3.8, 4) is 0 Å². The first-order chi connectivity index (χ1) is 7.34. The van der Waals surface area contributed by atoms with E-state index in [1.165, 1.54) is 24.3 Å². The number of hydrogen-bond acceptors (Lipinski definition) is 3. The topological polar surface area (TPSA) is 29.9 Å². The van der Waals surface area contributed by atoms with Crippen molar-refractivity contribution < 1.29 is 0 Å². The highest BCUT2D eigenvalue weighted by atomic mass is 32.2. The van der Waals surface area contributed by atoms with E-state index >= 15 is 0 Å². The molecule has 2 heterocycles. The Hall–Kier alpha value is -0.480. The fourth-order valence-corrected chi connectivity index (χ4v) is 3.14. The summed E-state index contributed by atoms with van der Waals surface area (Å²) in [4.78, 5) is 4.05. The van der Waals surface area contributed by atoms with Crippen LogP contribution >= 0.6 is 11.8 Å². The van der Waals surface area contributed by atoms with Gasteiger partial charge >= 0.3 is 0 Å². The lowest BCUT2D eigenvalue weighted by Crippen LogP contribution is -2.40. The molecule has 1 aromatic heterocycles. The summed E-state index contributed by atoms with van der Waals surface area (Å²) in [5.74, 6) is 2.63. The Balaban J connectivity index is 1.74. The smallest absolute Gasteiger partial charge is 0.0946 e. The molecule has 1 fully saturated rings. The Morgan fingerprint density at radius 3 is 3.00 bits per heavy atom. The molecule has 0 aromatic carbocycles. The van der Waals surface area contributed by atoms with Crippen molar-refractivity contribution in [1.82, 2.24) is 14.9 Å². The van der Waals surface area contributed by atoms with Crippen LogP contribution in [0.4, 0.5) is 0 Å². The molecule has 1 aliphatic rings. The average molecular weight is 225 g/mol. The van der Waals surface area contributed by atoms with Crippen molar-refractivity contribution in [2.24, 2.45) is 0 Å². The number of aromatic nitrogens is 2. The van der Waals surface area contributed by atoms with Crippen LogP contribution in [0.2, 0.25) is 0 Å². The SMILES string of the molecule is CC(Cn1ccnc1)NC1CCSCC1. The van der Waals surface area contributed by atoms with Crippen LogP contribution < -0.4 is 5.32 Å². The molecule has 0 saturated carbocycles. The van der Waals surface area contributed by atoms with Crippen LogP contribution in [0.3, 0.4) is 0 Å². The largest absolute Gasteiger partial charge is 0.336 e. The predicted molar refractivity (Wildman–Crippen MR) is 65.2 cm³/mol. The first-order valence-corrected chi connectivity index (χ1v) is 6.79. The molecule has 1 aliphatic heterocycles. The molecule has 3 nitrogen and oxygen atoms in total. The fourth-order valence-electron chi connectivity index (χ4n) is 2.03. The molecule has 0 bridgehead atoms. The lowest BCUT2D eigenvalue weighted by molar-refractivity contribution is 0.391. The minimum atomic E-state index is 0.535. The standard InChI is InChI=1S/C11H19N3S/c1-10(8-14-5-4-12-9-14)13-11-2-6-15-7-3-11/h4-5,9-11,13H,2-3,6-8H2,1H3. The minimum Gasteiger partial charge on any atom is -0.336 e. The third-order valence-corrected chi connectivity index (χ3v) is 3.83. The lowest BCUT2D eigenvalue weighted by Gasteiger charge is -2.26. The van der Waals surface area contributed by atoms with Gasteiger partial charge in [0.05, 0.1) is 6.33 Å². The molecule has 0 spiro atoms. The van der Waals surface area contributed by atoms with Crippen LogP contribution in [-0.2, 0) is 6.54 Å². The van der Waals surface area contributed by atoms with Crippen molar-refractivity contribution in [3.63, 3.8) is 0 Å². The van der Waals surface area contributed by atoms with Crippen LogP contribution in [0.25, 0.3) is 0 Å². The van der Waals surface area contributed by atoms with Gasteiger partial charge in [-0.2, -0.15) is 11.8 Å². The summed E-state index contributed by atoms with van der Waals surface area (Å²) in [6, 6.07) is 1.26. The van der Waals surface area contributed by atoms with E-state index in [9.17, 15) is 0 Å². The van der Waals surface area contributed by atoms with Crippen LogP contribution in [0.1, 0.15) is 19.8 Å². The van der Waals surface area contributed by atoms with Crippen molar-refractivity contribution in [2.45, 2.75) is 38.4 Å². The molecule has 1 N–H and O–H groups in total. The Labute approximate surface area is 95.7 Å². The molecule has 1 unspecified atom stereocenters. The van der Waals surface area contributed by atoms with E-state index in [-0.39, 0.29) is 0 Å². The molecular formula is C11H19N3S. The van der Waals surface area contributed by atoms with E-state index < -0.39 is 0 Å². The highest BCUT2D eigenvalue weighted by Crippen LogP contribution is 2.17. The molecule has 4 heteroatoms. The zero-order chi connectivity index (χ0) is 10.5. The van der Waals surface area contributed by atoms with E-state index in [1.807, 2.05) is 18.7 Å². The molecule has 0 radical (unpaired) electrons. The van der Waals surface area contributed by atoms with Gasteiger partial charge in [-0.1, -0.05) is 0 Å². The van der Waals surface area contributed by atoms with E-state index in [1.54, 1.807) is 0 Å². The zero-order valence-electron chi connectivity index (χ0n) is 9.22. The van der Waals surface area contributed by atoms with Crippen LogP contribution in [0.5, 0.6) is 0 Å². The molecule has 0 amide bonds. The number of imidazole rings is 1. The van der Waals surface area contributed by atoms with Gasteiger partial charge < -0.3 is 9.88 Å². The van der Waals surface area contributed by atoms with Crippen LogP contribution in [0.15, 0.2) is 18.7 Å². The summed E-state index contributed by atoms with van der Waals surface area (Å²) in [7, 11) is 0. The Kier molecular flexibility index (Phi) is 4.09. The van der Waals surface area contributed by atoms with Gasteiger partial charge in [-0.25, -0.2) is 4.98 Å². The van der Waals surface area contributed by atoms with Gasteiger partial charge in [0, 0.05) is 31.0 Å². The number of thioether (sulfide) groups is 1. The minimum absolute atomic E-state index is 0.535. The number of nitrogens with one attached hydrogen (secondary N) is 1. The molecular weight excluding hydrogens is 206 g/mol. The van der Waals surface area contributed by atoms with Crippen LogP contribution in [0, 0.1) is 0 Å². The lowest BCUT2D eigenvalue weighted by atomic mass is 10.1. The highest BCUT2D eigenvalue weighted by Gasteiger charge is 2.15. The van der Waals surface area contributed by atoms with Gasteiger partial charge in [-0.15, -0.1) is 0 Å². The second-order valence-corrected chi connectivity index (χ2v) is 5.44. The normalized spacial score (nSPS) is 20.3. The van der Waals surface area contributed by atoms with Gasteiger partial charge in [0.15, 0.2) is 0 Å². The maximum absolute atomic E-state index is 4.05. The number of nitrogens with zero attached hydrogens (tertiary/aromatic N) is 2. The Bertz CT molecular complexity index is 267. The molecule has 15 heavy (non-hydrogen) atoms. The molecule has 2 rings (SSSR count). The summed E-state index contributed by atoms with van der Waals surface area (Å²) >= 11 is 2.08. The van der Waals surface area contributed by atoms with Gasteiger partial charge in [-0.3, -0.25) is 0 Å². The first-order valence-electron chi connectivity index (χ1n) is 5.64. The molecule has 0 aliphatic carbocycles. The molecule has 84 valence electrons. The average Bonchev–Trinajstić information content (AvgIpc) is 2.71. The predicted octanol–water partition coefficient (Wildman–Crippen LogP) is 1.76. The second-order valence-electron chi connectivity index (χ2n) is 4.21. The number of hydrogen-bond donors (Lipinski definition) is 1. The third kappa shape index (κ3) is 3.54. The van der Waals surface area contributed by atoms with Crippen molar-refractivity contribution in [2.75, 3.05) is 11.5 Å². The van der Waals surface area contributed by atoms with E-state index in [4.69, 9.17) is 0 Å². The maximum Gasteiger partial charge on any atom is 0.0946 e. The van der Waals surface area contributed by atoms with Gasteiger partial charge in [0.1, 0.15) is 0 Å². The van der Waals surface area contributed by atoms with Gasteiger partial charge in [-0.05, 0) is 31.3 Å². The third-order valence-electron chi connectivity index (χ3n) is 2.79. The monoisotopic (exact) mass is 225 g/mol. The van der Waals surface area contributed by atoms with Gasteiger partial charge in [0.25, 0.3) is 0 Å². The summed E-state index contributed by atoms with van der Waals surface area (Å²) in [5.41, 5.74) is 0. The maximum atomic E-state index is 4.05. The summed E-state index contributed by atoms with van der Waals surface area (Å²) < 4.78 is 2.13. The highest BCUT2D eigenvalue weighted by molar-refractivity contribution is 7.99. The Morgan fingerprint density at radius 2 is 2.33 bits per heavy atom. The fraction of sp³-hybridized carbons (Fsp3) is 0.727. The van der Waals surface area contributed by atoms with E-state index in [0.29, 0.717) is 6.04 Å². The summed E-state index contributed by atoms with van der Waals surface area (Å²) in [6.45, 7) is 3.27. The molecule has 1 atom stereocenters. The second kappa shape index (κ2) is 5.56. The van der Waals surface area contributed by atoms with Crippen molar-refractivity contribution >= 4 is 11.8 Å². The zero-order valence-corrected chi connectivity index (χ0v) is 10.0. The van der Waals surface area contributed by atoms with E-state index in [2.05, 4.69) is 33.6 Å². The van der Waals surface area contributed by atoms with Crippen molar-refractivity contribution in [1.29, 1.82) is 0 Å². The quantitative estimate of drug-likeness (QED) is 0.847. The van der Waals surface area contributed by atoms with Crippen molar-refractivity contribution in [3.05, 3.63) is 18.7 Å². The summed E-state index contributed by atoms with van der Waals surface area (Å²) in [6.07, 6.45) is 8.38. The van der Waals surface area contributed by atoms with Crippen LogP contribution in [-0.4, -0.2) is 33.1 Å². The van der Waals surface area contributed by atoms with Gasteiger partial charge in [0.2, 0.25) is 0 Å². The molecule has 1 saturated heterocycles. The first kappa shape index (κ1) is 11.0. The molecule has 1 aromatic rings. The van der Waals surface area contributed by atoms with E-state index in [0.717, 1.165) is 12.6 Å². The summed E-state index contributed by atoms with van der Waals surface area (Å²) in [5, 5.41) is 3.70.